The first kappa shape index (κ1) is 11.8. The van der Waals surface area contributed by atoms with Crippen LogP contribution in [0.4, 0.5) is 0 Å². The predicted molar refractivity (Wildman–Crippen MR) is 62.5 cm³/mol. The van der Waals surface area contributed by atoms with Crippen LogP contribution in [-0.2, 0) is 9.53 Å². The first-order valence-corrected chi connectivity index (χ1v) is 6.14. The van der Waals surface area contributed by atoms with Gasteiger partial charge in [0.15, 0.2) is 0 Å². The first-order chi connectivity index (χ1) is 6.70. The van der Waals surface area contributed by atoms with Crippen molar-refractivity contribution >= 4 is 34.3 Å². The summed E-state index contributed by atoms with van der Waals surface area (Å²) in [6.07, 6.45) is 2.48. The molecule has 1 rings (SSSR count). The Labute approximate surface area is 94.2 Å². The molecular formula is C9H15NO2S2. The van der Waals surface area contributed by atoms with Gasteiger partial charge in [-0.25, -0.2) is 0 Å². The third-order valence-electron chi connectivity index (χ3n) is 1.98. The second kappa shape index (κ2) is 6.24. The molecule has 0 aromatic carbocycles. The lowest BCUT2D eigenvalue weighted by Crippen LogP contribution is -2.23. The number of nitrogens with zero attached hydrogens (tertiary/aromatic N) is 1. The Kier molecular flexibility index (Phi) is 5.25. The number of hydrogen-bond acceptors (Lipinski definition) is 4. The highest BCUT2D eigenvalue weighted by Crippen LogP contribution is 2.15. The molecule has 0 aromatic rings. The van der Waals surface area contributed by atoms with E-state index >= 15 is 0 Å². The molecule has 0 N–H and O–H groups in total. The van der Waals surface area contributed by atoms with Gasteiger partial charge in [0.05, 0.1) is 0 Å². The molecule has 0 radical (unpaired) electrons. The number of likely N-dealkylation sites (tertiary alicyclic amines) is 1. The Hall–Kier alpha value is -0.290. The van der Waals surface area contributed by atoms with E-state index < -0.39 is 0 Å². The van der Waals surface area contributed by atoms with Crippen LogP contribution in [0.3, 0.4) is 0 Å². The van der Waals surface area contributed by atoms with Crippen molar-refractivity contribution in [1.29, 1.82) is 0 Å². The normalized spacial score (nSPS) is 15.6. The summed E-state index contributed by atoms with van der Waals surface area (Å²) in [5, 5.41) is 0. The fraction of sp³-hybridized carbons (Fsp3) is 0.778. The predicted octanol–water partition coefficient (Wildman–Crippen LogP) is 1.66. The van der Waals surface area contributed by atoms with Crippen LogP contribution in [0.25, 0.3) is 0 Å². The van der Waals surface area contributed by atoms with Crippen LogP contribution >= 0.6 is 24.0 Å². The molecule has 0 spiro atoms. The molecule has 0 aromatic heterocycles. The highest BCUT2D eigenvalue weighted by molar-refractivity contribution is 8.22. The topological polar surface area (TPSA) is 29.5 Å². The average Bonchev–Trinajstić information content (AvgIpc) is 2.64. The van der Waals surface area contributed by atoms with Crippen LogP contribution in [0, 0.1) is 0 Å². The van der Waals surface area contributed by atoms with Crippen LogP contribution in [-0.4, -0.2) is 40.6 Å². The van der Waals surface area contributed by atoms with Gasteiger partial charge in [-0.3, -0.25) is 4.79 Å². The minimum Gasteiger partial charge on any atom is -0.465 e. The Morgan fingerprint density at radius 3 is 2.71 bits per heavy atom. The van der Waals surface area contributed by atoms with Crippen molar-refractivity contribution < 1.29 is 9.53 Å². The lowest BCUT2D eigenvalue weighted by Gasteiger charge is -2.17. The standard InChI is InChI=1S/C9H15NO2S2/c1-8(11)12-6-7-14-9(13)10-4-2-3-5-10/h2-7H2,1H3. The average molecular weight is 233 g/mol. The number of thioether (sulfide) groups is 1. The van der Waals surface area contributed by atoms with E-state index in [1.54, 1.807) is 11.8 Å². The van der Waals surface area contributed by atoms with E-state index in [2.05, 4.69) is 4.90 Å². The number of carbonyl (C=O) groups is 1. The molecule has 1 fully saturated rings. The van der Waals surface area contributed by atoms with Crippen molar-refractivity contribution in [3.05, 3.63) is 0 Å². The monoisotopic (exact) mass is 233 g/mol. The Bertz CT molecular complexity index is 215. The summed E-state index contributed by atoms with van der Waals surface area (Å²) in [6.45, 7) is 4.04. The summed E-state index contributed by atoms with van der Waals surface area (Å²) in [5.41, 5.74) is 0. The van der Waals surface area contributed by atoms with Gasteiger partial charge < -0.3 is 9.64 Å². The van der Waals surface area contributed by atoms with E-state index in [0.717, 1.165) is 23.2 Å². The lowest BCUT2D eigenvalue weighted by atomic mass is 10.4. The minimum atomic E-state index is -0.224. The van der Waals surface area contributed by atoms with Gasteiger partial charge in [0.1, 0.15) is 10.9 Å². The van der Waals surface area contributed by atoms with Crippen LogP contribution < -0.4 is 0 Å². The molecule has 3 nitrogen and oxygen atoms in total. The van der Waals surface area contributed by atoms with Gasteiger partial charge in [0, 0.05) is 25.8 Å². The van der Waals surface area contributed by atoms with Crippen molar-refractivity contribution in [1.82, 2.24) is 4.90 Å². The molecule has 1 heterocycles. The van der Waals surface area contributed by atoms with Crippen molar-refractivity contribution in [2.45, 2.75) is 19.8 Å². The summed E-state index contributed by atoms with van der Waals surface area (Å²) in [7, 11) is 0. The Morgan fingerprint density at radius 1 is 1.50 bits per heavy atom. The van der Waals surface area contributed by atoms with Gasteiger partial charge in [-0.1, -0.05) is 24.0 Å². The lowest BCUT2D eigenvalue weighted by molar-refractivity contribution is -0.140. The summed E-state index contributed by atoms with van der Waals surface area (Å²) in [4.78, 5) is 12.7. The van der Waals surface area contributed by atoms with Crippen molar-refractivity contribution in [3.63, 3.8) is 0 Å². The smallest absolute Gasteiger partial charge is 0.302 e. The second-order valence-electron chi connectivity index (χ2n) is 3.15. The quantitative estimate of drug-likeness (QED) is 0.420. The van der Waals surface area contributed by atoms with E-state index in [1.807, 2.05) is 0 Å². The highest BCUT2D eigenvalue weighted by atomic mass is 32.2. The zero-order valence-electron chi connectivity index (χ0n) is 8.32. The number of thiocarbonyl (C=S) groups is 1. The van der Waals surface area contributed by atoms with Gasteiger partial charge in [-0.05, 0) is 12.8 Å². The van der Waals surface area contributed by atoms with Gasteiger partial charge in [-0.15, -0.1) is 0 Å². The fourth-order valence-electron chi connectivity index (χ4n) is 1.31. The third-order valence-corrected chi connectivity index (χ3v) is 3.47. The van der Waals surface area contributed by atoms with Crippen LogP contribution in [0.2, 0.25) is 0 Å². The van der Waals surface area contributed by atoms with Gasteiger partial charge in [0.25, 0.3) is 0 Å². The maximum Gasteiger partial charge on any atom is 0.302 e. The van der Waals surface area contributed by atoms with Crippen LogP contribution in [0.15, 0.2) is 0 Å². The summed E-state index contributed by atoms with van der Waals surface area (Å²) in [6, 6.07) is 0. The van der Waals surface area contributed by atoms with Gasteiger partial charge >= 0.3 is 5.97 Å². The third kappa shape index (κ3) is 4.28. The number of ether oxygens (including phenoxy) is 1. The van der Waals surface area contributed by atoms with Crippen molar-refractivity contribution in [3.8, 4) is 0 Å². The van der Waals surface area contributed by atoms with Crippen molar-refractivity contribution in [2.24, 2.45) is 0 Å². The van der Waals surface area contributed by atoms with Crippen LogP contribution in [0.1, 0.15) is 19.8 Å². The molecule has 0 aliphatic carbocycles. The molecule has 0 bridgehead atoms. The molecule has 80 valence electrons. The molecule has 1 saturated heterocycles. The van der Waals surface area contributed by atoms with E-state index in [4.69, 9.17) is 17.0 Å². The molecule has 1 aliphatic rings. The van der Waals surface area contributed by atoms with E-state index in [1.165, 1.54) is 19.8 Å². The van der Waals surface area contributed by atoms with Gasteiger partial charge in [0.2, 0.25) is 0 Å². The number of esters is 1. The molecule has 1 aliphatic heterocycles. The summed E-state index contributed by atoms with van der Waals surface area (Å²) >= 11 is 6.84. The van der Waals surface area contributed by atoms with E-state index in [9.17, 15) is 4.79 Å². The Morgan fingerprint density at radius 2 is 2.14 bits per heavy atom. The zero-order chi connectivity index (χ0) is 10.4. The molecule has 0 unspecified atom stereocenters. The molecule has 0 atom stereocenters. The summed E-state index contributed by atoms with van der Waals surface area (Å²) in [5.74, 6) is 0.534. The molecular weight excluding hydrogens is 218 g/mol. The fourth-order valence-corrected chi connectivity index (χ4v) is 2.44. The largest absolute Gasteiger partial charge is 0.465 e. The maximum absolute atomic E-state index is 10.5. The highest BCUT2D eigenvalue weighted by Gasteiger charge is 2.14. The van der Waals surface area contributed by atoms with Crippen molar-refractivity contribution in [2.75, 3.05) is 25.4 Å². The first-order valence-electron chi connectivity index (χ1n) is 4.75. The van der Waals surface area contributed by atoms with Crippen LogP contribution in [0.5, 0.6) is 0 Å². The second-order valence-corrected chi connectivity index (χ2v) is 4.88. The van der Waals surface area contributed by atoms with E-state index in [0.29, 0.717) is 6.61 Å². The summed E-state index contributed by atoms with van der Waals surface area (Å²) < 4.78 is 5.76. The minimum absolute atomic E-state index is 0.224. The Balaban J connectivity index is 2.05. The van der Waals surface area contributed by atoms with E-state index in [-0.39, 0.29) is 5.97 Å². The maximum atomic E-state index is 10.5. The SMILES string of the molecule is CC(=O)OCCSC(=S)N1CCCC1. The molecule has 14 heavy (non-hydrogen) atoms. The molecule has 5 heteroatoms. The molecule has 0 saturated carbocycles. The number of rotatable bonds is 3. The zero-order valence-corrected chi connectivity index (χ0v) is 9.96. The number of hydrogen-bond donors (Lipinski definition) is 0. The van der Waals surface area contributed by atoms with Gasteiger partial charge in [-0.2, -0.15) is 0 Å². The molecule has 0 amide bonds. The number of carbonyl (C=O) groups excluding carboxylic acids is 1.